The number of anilines is 1. The quantitative estimate of drug-likeness (QED) is 0.346. The number of nitrogens with zero attached hydrogens (tertiary/aromatic N) is 2. The standard InChI is InChI=1S/C27H29BrClN3O4S/c1-4-30-27(34)20(3)31(17-21-6-5-7-22(28)16-21)26(33)18-32(24-12-10-23(29)11-13-24)37(35,36)25-14-8-19(2)9-15-25/h5-16,20H,4,17-18H2,1-3H3,(H,30,34)/t20-/m0/s1. The van der Waals surface area contributed by atoms with Gasteiger partial charge in [0.05, 0.1) is 10.6 Å². The SMILES string of the molecule is CCNC(=O)[C@H](C)N(Cc1cccc(Br)c1)C(=O)CN(c1ccc(Cl)cc1)S(=O)(=O)c1ccc(C)cc1. The zero-order chi connectivity index (χ0) is 27.2. The second-order valence-electron chi connectivity index (χ2n) is 8.52. The largest absolute Gasteiger partial charge is 0.355 e. The molecule has 10 heteroatoms. The van der Waals surface area contributed by atoms with E-state index in [-0.39, 0.29) is 23.0 Å². The van der Waals surface area contributed by atoms with Crippen molar-refractivity contribution in [2.24, 2.45) is 0 Å². The Hall–Kier alpha value is -2.88. The Bertz CT molecular complexity index is 1350. The number of halogens is 2. The summed E-state index contributed by atoms with van der Waals surface area (Å²) in [4.78, 5) is 27.9. The number of hydrogen-bond acceptors (Lipinski definition) is 4. The molecular formula is C27H29BrClN3O4S. The smallest absolute Gasteiger partial charge is 0.264 e. The molecule has 0 aliphatic rings. The van der Waals surface area contributed by atoms with E-state index in [1.165, 1.54) is 17.0 Å². The van der Waals surface area contributed by atoms with Gasteiger partial charge in [0.25, 0.3) is 10.0 Å². The molecule has 0 aromatic heterocycles. The second kappa shape index (κ2) is 12.6. The van der Waals surface area contributed by atoms with Crippen molar-refractivity contribution >= 4 is 55.1 Å². The van der Waals surface area contributed by atoms with Crippen LogP contribution in [-0.2, 0) is 26.2 Å². The summed E-state index contributed by atoms with van der Waals surface area (Å²) in [6, 6.07) is 19.2. The van der Waals surface area contributed by atoms with Gasteiger partial charge in [0.2, 0.25) is 11.8 Å². The van der Waals surface area contributed by atoms with Gasteiger partial charge in [0, 0.05) is 22.6 Å². The van der Waals surface area contributed by atoms with Crippen molar-refractivity contribution in [3.05, 3.63) is 93.4 Å². The molecular weight excluding hydrogens is 578 g/mol. The minimum Gasteiger partial charge on any atom is -0.355 e. The van der Waals surface area contributed by atoms with E-state index in [1.807, 2.05) is 31.2 Å². The van der Waals surface area contributed by atoms with Crippen LogP contribution < -0.4 is 9.62 Å². The summed E-state index contributed by atoms with van der Waals surface area (Å²) in [6.07, 6.45) is 0. The van der Waals surface area contributed by atoms with E-state index in [0.29, 0.717) is 11.6 Å². The summed E-state index contributed by atoms with van der Waals surface area (Å²) in [7, 11) is -4.11. The number of benzene rings is 3. The molecule has 3 aromatic rings. The van der Waals surface area contributed by atoms with Crippen LogP contribution in [0, 0.1) is 6.92 Å². The number of carbonyl (C=O) groups is 2. The lowest BCUT2D eigenvalue weighted by molar-refractivity contribution is -0.139. The van der Waals surface area contributed by atoms with Crippen LogP contribution in [-0.4, -0.2) is 44.3 Å². The highest BCUT2D eigenvalue weighted by molar-refractivity contribution is 9.10. The molecule has 0 spiro atoms. The van der Waals surface area contributed by atoms with Gasteiger partial charge in [-0.15, -0.1) is 0 Å². The van der Waals surface area contributed by atoms with Gasteiger partial charge in [-0.3, -0.25) is 13.9 Å². The molecule has 2 amide bonds. The molecule has 0 heterocycles. The van der Waals surface area contributed by atoms with Gasteiger partial charge in [0.1, 0.15) is 12.6 Å². The van der Waals surface area contributed by atoms with E-state index in [2.05, 4.69) is 21.2 Å². The Morgan fingerprint density at radius 2 is 1.68 bits per heavy atom. The van der Waals surface area contributed by atoms with E-state index >= 15 is 0 Å². The normalized spacial score (nSPS) is 12.0. The summed E-state index contributed by atoms with van der Waals surface area (Å²) >= 11 is 9.47. The van der Waals surface area contributed by atoms with Crippen molar-refractivity contribution in [3.63, 3.8) is 0 Å². The molecule has 1 atom stereocenters. The molecule has 0 saturated carbocycles. The topological polar surface area (TPSA) is 86.8 Å². The fourth-order valence-corrected chi connectivity index (χ4v) is 5.70. The van der Waals surface area contributed by atoms with Crippen molar-refractivity contribution in [1.29, 1.82) is 0 Å². The van der Waals surface area contributed by atoms with Crippen LogP contribution in [0.2, 0.25) is 5.02 Å². The van der Waals surface area contributed by atoms with Gasteiger partial charge in [-0.1, -0.05) is 57.4 Å². The zero-order valence-electron chi connectivity index (χ0n) is 20.8. The van der Waals surface area contributed by atoms with Crippen molar-refractivity contribution in [2.45, 2.75) is 38.3 Å². The maximum absolute atomic E-state index is 13.8. The number of rotatable bonds is 10. The average molecular weight is 607 g/mol. The first-order valence-electron chi connectivity index (χ1n) is 11.7. The van der Waals surface area contributed by atoms with Crippen LogP contribution in [0.5, 0.6) is 0 Å². The maximum Gasteiger partial charge on any atom is 0.264 e. The lowest BCUT2D eigenvalue weighted by atomic mass is 10.1. The maximum atomic E-state index is 13.8. The number of hydrogen-bond donors (Lipinski definition) is 1. The highest BCUT2D eigenvalue weighted by atomic mass is 79.9. The van der Waals surface area contributed by atoms with Crippen molar-refractivity contribution in [3.8, 4) is 0 Å². The number of sulfonamides is 1. The van der Waals surface area contributed by atoms with Crippen LogP contribution in [0.4, 0.5) is 5.69 Å². The van der Waals surface area contributed by atoms with Crippen molar-refractivity contribution in [2.75, 3.05) is 17.4 Å². The third-order valence-electron chi connectivity index (χ3n) is 5.76. The Kier molecular flexibility index (Phi) is 9.75. The predicted molar refractivity (Wildman–Crippen MR) is 150 cm³/mol. The van der Waals surface area contributed by atoms with E-state index in [0.717, 1.165) is 19.9 Å². The summed E-state index contributed by atoms with van der Waals surface area (Å²) in [5.74, 6) is -0.852. The van der Waals surface area contributed by atoms with Crippen LogP contribution >= 0.6 is 27.5 Å². The van der Waals surface area contributed by atoms with E-state index in [9.17, 15) is 18.0 Å². The summed E-state index contributed by atoms with van der Waals surface area (Å²) in [5, 5.41) is 3.18. The third-order valence-corrected chi connectivity index (χ3v) is 8.30. The average Bonchev–Trinajstić information content (AvgIpc) is 2.86. The fraction of sp³-hybridized carbons (Fsp3) is 0.259. The first-order valence-corrected chi connectivity index (χ1v) is 14.3. The third kappa shape index (κ3) is 7.34. The molecule has 7 nitrogen and oxygen atoms in total. The highest BCUT2D eigenvalue weighted by Crippen LogP contribution is 2.26. The minimum absolute atomic E-state index is 0.0520. The van der Waals surface area contributed by atoms with Gasteiger partial charge in [-0.05, 0) is 74.9 Å². The van der Waals surface area contributed by atoms with Crippen LogP contribution in [0.1, 0.15) is 25.0 Å². The molecule has 0 fully saturated rings. The molecule has 0 radical (unpaired) electrons. The van der Waals surface area contributed by atoms with Crippen LogP contribution in [0.3, 0.4) is 0 Å². The predicted octanol–water partition coefficient (Wildman–Crippen LogP) is 5.16. The Morgan fingerprint density at radius 1 is 1.03 bits per heavy atom. The number of nitrogens with one attached hydrogen (secondary N) is 1. The zero-order valence-corrected chi connectivity index (χ0v) is 24.0. The number of aryl methyl sites for hydroxylation is 1. The first-order chi connectivity index (χ1) is 17.5. The molecule has 1 N–H and O–H groups in total. The van der Waals surface area contributed by atoms with Crippen LogP contribution in [0.25, 0.3) is 0 Å². The molecule has 3 aromatic carbocycles. The Morgan fingerprint density at radius 3 is 2.27 bits per heavy atom. The number of likely N-dealkylation sites (N-methyl/N-ethyl adjacent to an activating group) is 1. The van der Waals surface area contributed by atoms with Gasteiger partial charge in [0.15, 0.2) is 0 Å². The van der Waals surface area contributed by atoms with Gasteiger partial charge < -0.3 is 10.2 Å². The first kappa shape index (κ1) is 28.7. The van der Waals surface area contributed by atoms with Crippen LogP contribution in [0.15, 0.2) is 82.2 Å². The molecule has 3 rings (SSSR count). The Labute approximate surface area is 231 Å². The van der Waals surface area contributed by atoms with E-state index < -0.39 is 28.5 Å². The number of amides is 2. The monoisotopic (exact) mass is 605 g/mol. The van der Waals surface area contributed by atoms with Gasteiger partial charge >= 0.3 is 0 Å². The molecule has 196 valence electrons. The van der Waals surface area contributed by atoms with Gasteiger partial charge in [-0.25, -0.2) is 8.42 Å². The molecule has 0 aliphatic carbocycles. The lowest BCUT2D eigenvalue weighted by Crippen LogP contribution is -2.51. The highest BCUT2D eigenvalue weighted by Gasteiger charge is 2.32. The van der Waals surface area contributed by atoms with Crippen molar-refractivity contribution in [1.82, 2.24) is 10.2 Å². The van der Waals surface area contributed by atoms with Gasteiger partial charge in [-0.2, -0.15) is 0 Å². The summed E-state index contributed by atoms with van der Waals surface area (Å²) in [6.45, 7) is 5.30. The summed E-state index contributed by atoms with van der Waals surface area (Å²) < 4.78 is 29.3. The van der Waals surface area contributed by atoms with Crippen molar-refractivity contribution < 1.29 is 18.0 Å². The molecule has 0 unspecified atom stereocenters. The molecule has 0 aliphatic heterocycles. The lowest BCUT2D eigenvalue weighted by Gasteiger charge is -2.32. The summed E-state index contributed by atoms with van der Waals surface area (Å²) in [5.41, 5.74) is 1.98. The van der Waals surface area contributed by atoms with E-state index in [4.69, 9.17) is 11.6 Å². The van der Waals surface area contributed by atoms with E-state index in [1.54, 1.807) is 50.2 Å². The number of carbonyl (C=O) groups excluding carboxylic acids is 2. The fourth-order valence-electron chi connectivity index (χ4n) is 3.71. The molecule has 0 saturated heterocycles. The Balaban J connectivity index is 2.02. The molecule has 37 heavy (non-hydrogen) atoms. The second-order valence-corrected chi connectivity index (χ2v) is 11.7. The molecule has 0 bridgehead atoms. The minimum atomic E-state index is -4.11.